The number of hydrogen-bond acceptors (Lipinski definition) is 3. The SMILES string of the molecule is CCc1nc(C)c(C(=O)N2CCC[C@H]2c2ccc(F)cc2)o1. The number of rotatable bonds is 3. The molecule has 2 aromatic rings. The van der Waals surface area contributed by atoms with Crippen LogP contribution in [0, 0.1) is 12.7 Å². The molecule has 0 aliphatic carbocycles. The molecule has 116 valence electrons. The number of aromatic nitrogens is 1. The van der Waals surface area contributed by atoms with Gasteiger partial charge in [-0.05, 0) is 37.5 Å². The second-order valence-electron chi connectivity index (χ2n) is 5.58. The lowest BCUT2D eigenvalue weighted by Gasteiger charge is -2.24. The Balaban J connectivity index is 1.87. The van der Waals surface area contributed by atoms with E-state index in [0.717, 1.165) is 18.4 Å². The highest BCUT2D eigenvalue weighted by Crippen LogP contribution is 2.33. The number of oxazole rings is 1. The van der Waals surface area contributed by atoms with Crippen molar-refractivity contribution in [2.45, 2.75) is 39.2 Å². The van der Waals surface area contributed by atoms with Gasteiger partial charge in [0.25, 0.3) is 5.91 Å². The van der Waals surface area contributed by atoms with Gasteiger partial charge in [-0.1, -0.05) is 19.1 Å². The van der Waals surface area contributed by atoms with Gasteiger partial charge in [0.2, 0.25) is 5.76 Å². The summed E-state index contributed by atoms with van der Waals surface area (Å²) in [6.45, 7) is 4.41. The van der Waals surface area contributed by atoms with Crippen LogP contribution in [-0.4, -0.2) is 22.3 Å². The third-order valence-electron chi connectivity index (χ3n) is 4.11. The number of amides is 1. The van der Waals surface area contributed by atoms with Crippen LogP contribution in [0.25, 0.3) is 0 Å². The molecule has 3 rings (SSSR count). The van der Waals surface area contributed by atoms with Crippen molar-refractivity contribution in [2.75, 3.05) is 6.54 Å². The van der Waals surface area contributed by atoms with Gasteiger partial charge in [-0.3, -0.25) is 4.79 Å². The fourth-order valence-corrected chi connectivity index (χ4v) is 2.97. The third-order valence-corrected chi connectivity index (χ3v) is 4.11. The summed E-state index contributed by atoms with van der Waals surface area (Å²) in [6, 6.07) is 6.34. The Kier molecular flexibility index (Phi) is 3.96. The molecule has 1 aromatic heterocycles. The number of hydrogen-bond donors (Lipinski definition) is 0. The Hall–Kier alpha value is -2.17. The summed E-state index contributed by atoms with van der Waals surface area (Å²) in [4.78, 5) is 18.8. The summed E-state index contributed by atoms with van der Waals surface area (Å²) >= 11 is 0. The molecule has 5 heteroatoms. The minimum atomic E-state index is -0.265. The van der Waals surface area contributed by atoms with Crippen molar-refractivity contribution in [2.24, 2.45) is 0 Å². The van der Waals surface area contributed by atoms with Crippen LogP contribution in [0.5, 0.6) is 0 Å². The Bertz CT molecular complexity index is 678. The lowest BCUT2D eigenvalue weighted by Crippen LogP contribution is -2.30. The van der Waals surface area contributed by atoms with E-state index in [1.807, 2.05) is 6.92 Å². The maximum absolute atomic E-state index is 13.1. The van der Waals surface area contributed by atoms with Gasteiger partial charge >= 0.3 is 0 Å². The van der Waals surface area contributed by atoms with Crippen LogP contribution in [-0.2, 0) is 6.42 Å². The molecule has 1 atom stereocenters. The fraction of sp³-hybridized carbons (Fsp3) is 0.412. The van der Waals surface area contributed by atoms with Crippen LogP contribution >= 0.6 is 0 Å². The summed E-state index contributed by atoms with van der Waals surface area (Å²) in [6.07, 6.45) is 2.47. The molecule has 0 bridgehead atoms. The van der Waals surface area contributed by atoms with Crippen LogP contribution in [0.1, 0.15) is 53.5 Å². The standard InChI is InChI=1S/C17H19FN2O2/c1-3-15-19-11(2)16(22-15)17(21)20-10-4-5-14(20)12-6-8-13(18)9-7-12/h6-9,14H,3-5,10H2,1-2H3/t14-/m0/s1. The number of nitrogens with zero attached hydrogens (tertiary/aromatic N) is 2. The van der Waals surface area contributed by atoms with E-state index in [4.69, 9.17) is 4.42 Å². The Morgan fingerprint density at radius 3 is 2.77 bits per heavy atom. The van der Waals surface area contributed by atoms with Crippen LogP contribution in [0.3, 0.4) is 0 Å². The summed E-state index contributed by atoms with van der Waals surface area (Å²) in [5.74, 6) is 0.513. The number of carbonyl (C=O) groups is 1. The molecule has 22 heavy (non-hydrogen) atoms. The lowest BCUT2D eigenvalue weighted by atomic mass is 10.0. The molecular weight excluding hydrogens is 283 g/mol. The Morgan fingerprint density at radius 1 is 1.41 bits per heavy atom. The molecule has 1 fully saturated rings. The minimum Gasteiger partial charge on any atom is -0.435 e. The smallest absolute Gasteiger partial charge is 0.292 e. The molecule has 1 aliphatic rings. The van der Waals surface area contributed by atoms with Crippen molar-refractivity contribution in [3.63, 3.8) is 0 Å². The Morgan fingerprint density at radius 2 is 2.14 bits per heavy atom. The molecule has 4 nitrogen and oxygen atoms in total. The molecule has 0 spiro atoms. The molecule has 1 aliphatic heterocycles. The monoisotopic (exact) mass is 302 g/mol. The zero-order valence-electron chi connectivity index (χ0n) is 12.8. The molecule has 2 heterocycles. The van der Waals surface area contributed by atoms with Gasteiger partial charge in [0.15, 0.2) is 5.89 Å². The van der Waals surface area contributed by atoms with Gasteiger partial charge in [0, 0.05) is 13.0 Å². The Labute approximate surface area is 129 Å². The quantitative estimate of drug-likeness (QED) is 0.869. The van der Waals surface area contributed by atoms with E-state index in [1.54, 1.807) is 24.0 Å². The number of halogens is 1. The van der Waals surface area contributed by atoms with E-state index in [9.17, 15) is 9.18 Å². The average molecular weight is 302 g/mol. The van der Waals surface area contributed by atoms with Crippen LogP contribution in [0.4, 0.5) is 4.39 Å². The van der Waals surface area contributed by atoms with Crippen LogP contribution < -0.4 is 0 Å². The summed E-state index contributed by atoms with van der Waals surface area (Å²) < 4.78 is 18.7. The second-order valence-corrected chi connectivity index (χ2v) is 5.58. The zero-order chi connectivity index (χ0) is 15.7. The third kappa shape index (κ3) is 2.63. The van der Waals surface area contributed by atoms with Crippen molar-refractivity contribution < 1.29 is 13.6 Å². The first-order valence-corrected chi connectivity index (χ1v) is 7.63. The second kappa shape index (κ2) is 5.91. The zero-order valence-corrected chi connectivity index (χ0v) is 12.8. The highest BCUT2D eigenvalue weighted by molar-refractivity contribution is 5.93. The molecule has 1 aromatic carbocycles. The van der Waals surface area contributed by atoms with Gasteiger partial charge in [-0.25, -0.2) is 9.37 Å². The summed E-state index contributed by atoms with van der Waals surface area (Å²) in [5, 5.41) is 0. The largest absolute Gasteiger partial charge is 0.435 e. The molecule has 0 radical (unpaired) electrons. The highest BCUT2D eigenvalue weighted by atomic mass is 19.1. The van der Waals surface area contributed by atoms with Crippen molar-refractivity contribution in [3.05, 3.63) is 53.0 Å². The van der Waals surface area contributed by atoms with E-state index in [0.29, 0.717) is 30.3 Å². The number of benzene rings is 1. The van der Waals surface area contributed by atoms with E-state index in [2.05, 4.69) is 4.98 Å². The first-order chi connectivity index (χ1) is 10.6. The maximum Gasteiger partial charge on any atom is 0.292 e. The topological polar surface area (TPSA) is 46.3 Å². The highest BCUT2D eigenvalue weighted by Gasteiger charge is 2.33. The summed E-state index contributed by atoms with van der Waals surface area (Å²) in [5.41, 5.74) is 1.59. The van der Waals surface area contributed by atoms with Crippen molar-refractivity contribution in [3.8, 4) is 0 Å². The van der Waals surface area contributed by atoms with E-state index in [-0.39, 0.29) is 17.8 Å². The van der Waals surface area contributed by atoms with Crippen molar-refractivity contribution >= 4 is 5.91 Å². The predicted octanol–water partition coefficient (Wildman–Crippen LogP) is 3.66. The number of likely N-dealkylation sites (tertiary alicyclic amines) is 1. The number of carbonyl (C=O) groups excluding carboxylic acids is 1. The normalized spacial score (nSPS) is 18.0. The number of aryl methyl sites for hydroxylation is 2. The van der Waals surface area contributed by atoms with Gasteiger partial charge in [0.05, 0.1) is 11.7 Å². The van der Waals surface area contributed by atoms with Gasteiger partial charge in [0.1, 0.15) is 5.82 Å². The van der Waals surface area contributed by atoms with Crippen molar-refractivity contribution in [1.82, 2.24) is 9.88 Å². The lowest BCUT2D eigenvalue weighted by molar-refractivity contribution is 0.0700. The first kappa shape index (κ1) is 14.8. The van der Waals surface area contributed by atoms with Crippen molar-refractivity contribution in [1.29, 1.82) is 0 Å². The fourth-order valence-electron chi connectivity index (χ4n) is 2.97. The molecule has 0 N–H and O–H groups in total. The molecule has 1 saturated heterocycles. The molecule has 1 amide bonds. The molecule has 0 unspecified atom stereocenters. The van der Waals surface area contributed by atoms with Crippen LogP contribution in [0.2, 0.25) is 0 Å². The van der Waals surface area contributed by atoms with Crippen LogP contribution in [0.15, 0.2) is 28.7 Å². The first-order valence-electron chi connectivity index (χ1n) is 7.63. The maximum atomic E-state index is 13.1. The van der Waals surface area contributed by atoms with E-state index < -0.39 is 0 Å². The van der Waals surface area contributed by atoms with Gasteiger partial charge in [-0.15, -0.1) is 0 Å². The van der Waals surface area contributed by atoms with Gasteiger partial charge in [-0.2, -0.15) is 0 Å². The average Bonchev–Trinajstić information content (AvgIpc) is 3.14. The van der Waals surface area contributed by atoms with Gasteiger partial charge < -0.3 is 9.32 Å². The summed E-state index contributed by atoms with van der Waals surface area (Å²) in [7, 11) is 0. The van der Waals surface area contributed by atoms with E-state index in [1.165, 1.54) is 12.1 Å². The molecule has 0 saturated carbocycles. The predicted molar refractivity (Wildman–Crippen MR) is 80.0 cm³/mol. The minimum absolute atomic E-state index is 0.0253. The molecular formula is C17H19FN2O2. The van der Waals surface area contributed by atoms with E-state index >= 15 is 0 Å².